The van der Waals surface area contributed by atoms with E-state index in [4.69, 9.17) is 9.47 Å². The number of hydrogen-bond donors (Lipinski definition) is 1. The van der Waals surface area contributed by atoms with Gasteiger partial charge in [-0.15, -0.1) is 11.8 Å². The molecule has 7 nitrogen and oxygen atoms in total. The first-order valence-corrected chi connectivity index (χ1v) is 8.63. The van der Waals surface area contributed by atoms with Crippen LogP contribution >= 0.6 is 11.8 Å². The normalized spacial score (nSPS) is 13.8. The molecule has 1 aliphatic rings. The summed E-state index contributed by atoms with van der Waals surface area (Å²) < 4.78 is 24.3. The number of halogens is 1. The molecule has 0 radical (unpaired) electrons. The molecule has 0 aromatic heterocycles. The molecule has 2 aromatic rings. The number of carbonyl (C=O) groups excluding carboxylic acids is 1. The SMILES string of the molecule is C[C@H](Sc1ccc2c(c1)OCCO2)C(=O)Nc1ccc(F)c([N+](=O)[O-])c1. The summed E-state index contributed by atoms with van der Waals surface area (Å²) in [5, 5.41) is 12.9. The maximum absolute atomic E-state index is 13.4. The van der Waals surface area contributed by atoms with Crippen LogP contribution < -0.4 is 14.8 Å². The summed E-state index contributed by atoms with van der Waals surface area (Å²) in [5.41, 5.74) is -0.521. The van der Waals surface area contributed by atoms with Crippen LogP contribution in [0.3, 0.4) is 0 Å². The van der Waals surface area contributed by atoms with Crippen molar-refractivity contribution in [3.63, 3.8) is 0 Å². The number of nitro benzene ring substituents is 1. The minimum absolute atomic E-state index is 0.165. The highest BCUT2D eigenvalue weighted by Gasteiger charge is 2.19. The highest BCUT2D eigenvalue weighted by Crippen LogP contribution is 2.35. The van der Waals surface area contributed by atoms with Crippen LogP contribution in [0.15, 0.2) is 41.3 Å². The number of benzene rings is 2. The van der Waals surface area contributed by atoms with Gasteiger partial charge < -0.3 is 14.8 Å². The Morgan fingerprint density at radius 3 is 2.69 bits per heavy atom. The third-order valence-electron chi connectivity index (χ3n) is 3.61. The summed E-state index contributed by atoms with van der Waals surface area (Å²) in [7, 11) is 0. The van der Waals surface area contributed by atoms with E-state index in [1.807, 2.05) is 6.07 Å². The number of fused-ring (bicyclic) bond motifs is 1. The predicted molar refractivity (Wildman–Crippen MR) is 94.4 cm³/mol. The van der Waals surface area contributed by atoms with Gasteiger partial charge in [-0.1, -0.05) is 0 Å². The first kappa shape index (κ1) is 18.0. The number of rotatable bonds is 5. The van der Waals surface area contributed by atoms with Crippen molar-refractivity contribution in [2.75, 3.05) is 18.5 Å². The van der Waals surface area contributed by atoms with E-state index in [0.29, 0.717) is 24.7 Å². The number of amides is 1. The van der Waals surface area contributed by atoms with E-state index in [1.165, 1.54) is 17.8 Å². The van der Waals surface area contributed by atoms with Gasteiger partial charge in [0.25, 0.3) is 0 Å². The monoisotopic (exact) mass is 378 g/mol. The maximum Gasteiger partial charge on any atom is 0.306 e. The Hall–Kier alpha value is -2.81. The van der Waals surface area contributed by atoms with Crippen LogP contribution in [-0.4, -0.2) is 29.3 Å². The Bertz CT molecular complexity index is 861. The van der Waals surface area contributed by atoms with E-state index in [0.717, 1.165) is 17.0 Å². The van der Waals surface area contributed by atoms with Crippen LogP contribution in [0.2, 0.25) is 0 Å². The van der Waals surface area contributed by atoms with Crippen LogP contribution in [-0.2, 0) is 4.79 Å². The van der Waals surface area contributed by atoms with Crippen molar-refractivity contribution in [3.05, 3.63) is 52.3 Å². The first-order valence-electron chi connectivity index (χ1n) is 7.75. The molecule has 3 rings (SSSR count). The minimum atomic E-state index is -0.952. The van der Waals surface area contributed by atoms with Gasteiger partial charge in [0.1, 0.15) is 13.2 Å². The summed E-state index contributed by atoms with van der Waals surface area (Å²) in [6.45, 7) is 2.68. The van der Waals surface area contributed by atoms with Crippen molar-refractivity contribution in [1.82, 2.24) is 0 Å². The second kappa shape index (κ2) is 7.61. The number of nitrogens with zero attached hydrogens (tertiary/aromatic N) is 1. The van der Waals surface area contributed by atoms with E-state index in [1.54, 1.807) is 19.1 Å². The smallest absolute Gasteiger partial charge is 0.306 e. The number of anilines is 1. The summed E-state index contributed by atoms with van der Waals surface area (Å²) >= 11 is 1.30. The van der Waals surface area contributed by atoms with Gasteiger partial charge in [-0.25, -0.2) is 0 Å². The Kier molecular flexibility index (Phi) is 5.27. The maximum atomic E-state index is 13.4. The standard InChI is InChI=1S/C17H15FN2O5S/c1-10(26-12-3-5-15-16(9-12)25-7-6-24-15)17(21)19-11-2-4-13(18)14(8-11)20(22)23/h2-5,8-10H,6-7H2,1H3,(H,19,21)/t10-/m0/s1. The van der Waals surface area contributed by atoms with Crippen molar-refractivity contribution >= 4 is 29.0 Å². The summed E-state index contributed by atoms with van der Waals surface area (Å²) in [6.07, 6.45) is 0. The van der Waals surface area contributed by atoms with Gasteiger partial charge >= 0.3 is 5.69 Å². The number of thioether (sulfide) groups is 1. The van der Waals surface area contributed by atoms with Gasteiger partial charge in [0.15, 0.2) is 11.5 Å². The van der Waals surface area contributed by atoms with Crippen LogP contribution in [0.1, 0.15) is 6.92 Å². The molecule has 0 spiro atoms. The van der Waals surface area contributed by atoms with E-state index in [9.17, 15) is 19.3 Å². The van der Waals surface area contributed by atoms with Gasteiger partial charge in [-0.2, -0.15) is 4.39 Å². The van der Waals surface area contributed by atoms with Gasteiger partial charge in [0.05, 0.1) is 10.2 Å². The fourth-order valence-electron chi connectivity index (χ4n) is 2.33. The van der Waals surface area contributed by atoms with Crippen molar-refractivity contribution < 1.29 is 23.6 Å². The number of hydrogen-bond acceptors (Lipinski definition) is 6. The largest absolute Gasteiger partial charge is 0.486 e. The predicted octanol–water partition coefficient (Wildman–Crippen LogP) is 3.62. The lowest BCUT2D eigenvalue weighted by Gasteiger charge is -2.19. The highest BCUT2D eigenvalue weighted by molar-refractivity contribution is 8.00. The zero-order chi connectivity index (χ0) is 18.7. The zero-order valence-corrected chi connectivity index (χ0v) is 14.5. The molecule has 26 heavy (non-hydrogen) atoms. The molecule has 1 N–H and O–H groups in total. The average Bonchev–Trinajstić information content (AvgIpc) is 2.63. The van der Waals surface area contributed by atoms with Gasteiger partial charge in [-0.05, 0) is 37.3 Å². The fraction of sp³-hybridized carbons (Fsp3) is 0.235. The van der Waals surface area contributed by atoms with Crippen molar-refractivity contribution in [2.45, 2.75) is 17.1 Å². The van der Waals surface area contributed by atoms with Crippen LogP contribution in [0.4, 0.5) is 15.8 Å². The molecule has 0 unspecified atom stereocenters. The van der Waals surface area contributed by atoms with Gasteiger partial charge in [-0.3, -0.25) is 14.9 Å². The van der Waals surface area contributed by atoms with Crippen molar-refractivity contribution in [1.29, 1.82) is 0 Å². The second-order valence-electron chi connectivity index (χ2n) is 5.48. The summed E-state index contributed by atoms with van der Waals surface area (Å²) in [5.74, 6) is -0.0168. The number of carbonyl (C=O) groups is 1. The van der Waals surface area contributed by atoms with Crippen molar-refractivity contribution in [3.8, 4) is 11.5 Å². The fourth-order valence-corrected chi connectivity index (χ4v) is 3.22. The molecule has 0 saturated carbocycles. The Morgan fingerprint density at radius 1 is 1.23 bits per heavy atom. The van der Waals surface area contributed by atoms with E-state index >= 15 is 0 Å². The third kappa shape index (κ3) is 4.05. The number of ether oxygens (including phenoxy) is 2. The lowest BCUT2D eigenvalue weighted by molar-refractivity contribution is -0.387. The van der Waals surface area contributed by atoms with Crippen LogP contribution in [0.25, 0.3) is 0 Å². The lowest BCUT2D eigenvalue weighted by atomic mass is 10.2. The minimum Gasteiger partial charge on any atom is -0.486 e. The average molecular weight is 378 g/mol. The molecule has 136 valence electrons. The van der Waals surface area contributed by atoms with Crippen molar-refractivity contribution in [2.24, 2.45) is 0 Å². The first-order chi connectivity index (χ1) is 12.4. The molecular formula is C17H15FN2O5S. The Morgan fingerprint density at radius 2 is 1.96 bits per heavy atom. The third-order valence-corrected chi connectivity index (χ3v) is 4.70. The molecule has 1 heterocycles. The highest BCUT2D eigenvalue weighted by atomic mass is 32.2. The molecule has 1 atom stereocenters. The summed E-state index contributed by atoms with van der Waals surface area (Å²) in [6, 6.07) is 8.63. The zero-order valence-electron chi connectivity index (χ0n) is 13.7. The van der Waals surface area contributed by atoms with E-state index in [2.05, 4.69) is 5.32 Å². The molecule has 0 fully saturated rings. The van der Waals surface area contributed by atoms with Gasteiger partial charge in [0, 0.05) is 16.6 Å². The molecule has 1 aliphatic heterocycles. The Balaban J connectivity index is 1.67. The Labute approximate surface area is 152 Å². The molecule has 1 amide bonds. The van der Waals surface area contributed by atoms with Crippen LogP contribution in [0.5, 0.6) is 11.5 Å². The topological polar surface area (TPSA) is 90.7 Å². The molecule has 2 aromatic carbocycles. The summed E-state index contributed by atoms with van der Waals surface area (Å²) in [4.78, 5) is 23.1. The quantitative estimate of drug-likeness (QED) is 0.485. The van der Waals surface area contributed by atoms with Gasteiger partial charge in [0.2, 0.25) is 11.7 Å². The molecular weight excluding hydrogens is 363 g/mol. The molecule has 0 bridgehead atoms. The van der Waals surface area contributed by atoms with E-state index in [-0.39, 0.29) is 11.6 Å². The molecule has 0 aliphatic carbocycles. The lowest BCUT2D eigenvalue weighted by Crippen LogP contribution is -2.22. The van der Waals surface area contributed by atoms with E-state index < -0.39 is 21.7 Å². The number of nitro groups is 1. The molecule has 9 heteroatoms. The second-order valence-corrected chi connectivity index (χ2v) is 6.89. The number of nitrogens with one attached hydrogen (secondary N) is 1. The van der Waals surface area contributed by atoms with Crippen LogP contribution in [0, 0.1) is 15.9 Å². The molecule has 0 saturated heterocycles.